The summed E-state index contributed by atoms with van der Waals surface area (Å²) < 4.78 is 11.4. The molecule has 2 unspecified atom stereocenters. The third kappa shape index (κ3) is 4.37. The summed E-state index contributed by atoms with van der Waals surface area (Å²) in [6.45, 7) is 10.7. The quantitative estimate of drug-likeness (QED) is 0.783. The predicted octanol–water partition coefficient (Wildman–Crippen LogP) is 2.62. The highest BCUT2D eigenvalue weighted by molar-refractivity contribution is 5.76. The molecule has 2 aliphatic heterocycles. The Morgan fingerprint density at radius 1 is 1.39 bits per heavy atom. The Bertz CT molecular complexity index is 470. The first-order valence-corrected chi connectivity index (χ1v) is 8.40. The zero-order valence-electron chi connectivity index (χ0n) is 15.2. The van der Waals surface area contributed by atoms with Crippen molar-refractivity contribution in [1.82, 2.24) is 9.80 Å². The van der Waals surface area contributed by atoms with E-state index < -0.39 is 11.3 Å². The largest absolute Gasteiger partial charge is 0.444 e. The molecule has 2 fully saturated rings. The van der Waals surface area contributed by atoms with Crippen molar-refractivity contribution in [3.8, 4) is 0 Å². The van der Waals surface area contributed by atoms with Gasteiger partial charge in [0.15, 0.2) is 0 Å². The maximum absolute atomic E-state index is 12.6. The van der Waals surface area contributed by atoms with E-state index in [1.807, 2.05) is 41.7 Å². The zero-order valence-corrected chi connectivity index (χ0v) is 15.2. The molecule has 2 amide bonds. The minimum absolute atomic E-state index is 0.00791. The van der Waals surface area contributed by atoms with Gasteiger partial charge in [-0.3, -0.25) is 9.69 Å². The Kier molecular flexibility index (Phi) is 4.95. The summed E-state index contributed by atoms with van der Waals surface area (Å²) in [7, 11) is 1.84. The SMILES string of the molecule is CN1CC(CC2COC(C)(C)N2C(=O)OC(C)(C)C)CCC1=O. The first-order valence-electron chi connectivity index (χ1n) is 8.40. The Labute approximate surface area is 139 Å². The highest BCUT2D eigenvalue weighted by Gasteiger charge is 2.46. The van der Waals surface area contributed by atoms with E-state index in [1.165, 1.54) is 0 Å². The van der Waals surface area contributed by atoms with E-state index in [2.05, 4.69) is 0 Å². The van der Waals surface area contributed by atoms with Gasteiger partial charge in [-0.25, -0.2) is 4.79 Å². The standard InChI is InChI=1S/C17H30N2O4/c1-16(2,3)23-15(21)19-13(11-22-17(19,4)5)9-12-7-8-14(20)18(6)10-12/h12-13H,7-11H2,1-6H3. The molecule has 132 valence electrons. The van der Waals surface area contributed by atoms with Crippen molar-refractivity contribution < 1.29 is 19.1 Å². The topological polar surface area (TPSA) is 59.1 Å². The summed E-state index contributed by atoms with van der Waals surface area (Å²) >= 11 is 0. The molecule has 23 heavy (non-hydrogen) atoms. The molecule has 0 N–H and O–H groups in total. The zero-order chi connectivity index (χ0) is 17.4. The van der Waals surface area contributed by atoms with Crippen molar-refractivity contribution in [3.05, 3.63) is 0 Å². The molecule has 0 aromatic heterocycles. The lowest BCUT2D eigenvalue weighted by atomic mass is 9.91. The number of ether oxygens (including phenoxy) is 2. The Hall–Kier alpha value is -1.30. The van der Waals surface area contributed by atoms with Gasteiger partial charge in [0, 0.05) is 20.0 Å². The number of likely N-dealkylation sites (tertiary alicyclic amines) is 1. The molecule has 2 saturated heterocycles. The van der Waals surface area contributed by atoms with Crippen LogP contribution in [0.3, 0.4) is 0 Å². The number of hydrogen-bond acceptors (Lipinski definition) is 4. The van der Waals surface area contributed by atoms with Gasteiger partial charge < -0.3 is 14.4 Å². The second-order valence-corrected chi connectivity index (χ2v) is 8.18. The molecule has 0 radical (unpaired) electrons. The van der Waals surface area contributed by atoms with Crippen LogP contribution >= 0.6 is 0 Å². The van der Waals surface area contributed by atoms with Gasteiger partial charge >= 0.3 is 6.09 Å². The minimum atomic E-state index is -0.663. The molecule has 2 heterocycles. The fourth-order valence-electron chi connectivity index (χ4n) is 3.41. The van der Waals surface area contributed by atoms with Crippen LogP contribution in [0.5, 0.6) is 0 Å². The second-order valence-electron chi connectivity index (χ2n) is 8.18. The van der Waals surface area contributed by atoms with Gasteiger partial charge in [0.05, 0.1) is 12.6 Å². The molecule has 6 heteroatoms. The molecule has 0 aromatic rings. The molecule has 0 aliphatic carbocycles. The van der Waals surface area contributed by atoms with E-state index >= 15 is 0 Å². The molecule has 2 aliphatic rings. The normalized spacial score (nSPS) is 28.2. The van der Waals surface area contributed by atoms with Crippen LogP contribution < -0.4 is 0 Å². The van der Waals surface area contributed by atoms with Gasteiger partial charge in [0.25, 0.3) is 0 Å². The number of hydrogen-bond donors (Lipinski definition) is 0. The van der Waals surface area contributed by atoms with Crippen molar-refractivity contribution >= 4 is 12.0 Å². The Morgan fingerprint density at radius 3 is 2.61 bits per heavy atom. The average Bonchev–Trinajstić information content (AvgIpc) is 2.67. The summed E-state index contributed by atoms with van der Waals surface area (Å²) in [6, 6.07) is -0.00791. The maximum Gasteiger partial charge on any atom is 0.412 e. The van der Waals surface area contributed by atoms with Crippen LogP contribution in [0.15, 0.2) is 0 Å². The lowest BCUT2D eigenvalue weighted by Crippen LogP contribution is -2.51. The first-order chi connectivity index (χ1) is 10.5. The van der Waals surface area contributed by atoms with Crippen LogP contribution in [0.2, 0.25) is 0 Å². The third-order valence-electron chi connectivity index (χ3n) is 4.49. The maximum atomic E-state index is 12.6. The van der Waals surface area contributed by atoms with Crippen LogP contribution in [0, 0.1) is 5.92 Å². The molecule has 0 saturated carbocycles. The minimum Gasteiger partial charge on any atom is -0.444 e. The van der Waals surface area contributed by atoms with Gasteiger partial charge in [0.1, 0.15) is 11.3 Å². The summed E-state index contributed by atoms with van der Waals surface area (Å²) in [4.78, 5) is 27.7. The summed E-state index contributed by atoms with van der Waals surface area (Å²) in [6.07, 6.45) is 1.97. The number of piperidine rings is 1. The molecule has 0 bridgehead atoms. The summed E-state index contributed by atoms with van der Waals surface area (Å²) in [5, 5.41) is 0. The monoisotopic (exact) mass is 326 g/mol. The van der Waals surface area contributed by atoms with Gasteiger partial charge in [-0.2, -0.15) is 0 Å². The molecular formula is C17H30N2O4. The average molecular weight is 326 g/mol. The highest BCUT2D eigenvalue weighted by Crippen LogP contribution is 2.34. The van der Waals surface area contributed by atoms with Crippen molar-refractivity contribution in [2.75, 3.05) is 20.2 Å². The Balaban J connectivity index is 2.05. The van der Waals surface area contributed by atoms with Crippen molar-refractivity contribution in [2.45, 2.75) is 71.2 Å². The number of amides is 2. The van der Waals surface area contributed by atoms with E-state index in [4.69, 9.17) is 9.47 Å². The smallest absolute Gasteiger partial charge is 0.412 e. The first kappa shape index (κ1) is 18.0. The van der Waals surface area contributed by atoms with E-state index in [9.17, 15) is 9.59 Å². The number of nitrogens with zero attached hydrogens (tertiary/aromatic N) is 2. The lowest BCUT2D eigenvalue weighted by molar-refractivity contribution is -0.133. The lowest BCUT2D eigenvalue weighted by Gasteiger charge is -2.37. The van der Waals surface area contributed by atoms with E-state index in [-0.39, 0.29) is 18.0 Å². The molecule has 6 nitrogen and oxygen atoms in total. The molecular weight excluding hydrogens is 296 g/mol. The molecule has 2 rings (SSSR count). The van der Waals surface area contributed by atoms with E-state index in [1.54, 1.807) is 9.80 Å². The van der Waals surface area contributed by atoms with Crippen molar-refractivity contribution in [3.63, 3.8) is 0 Å². The Morgan fingerprint density at radius 2 is 2.04 bits per heavy atom. The van der Waals surface area contributed by atoms with Crippen LogP contribution in [0.4, 0.5) is 4.79 Å². The van der Waals surface area contributed by atoms with Gasteiger partial charge in [0.2, 0.25) is 5.91 Å². The number of carbonyl (C=O) groups is 2. The highest BCUT2D eigenvalue weighted by atomic mass is 16.6. The summed E-state index contributed by atoms with van der Waals surface area (Å²) in [5.41, 5.74) is -1.19. The summed E-state index contributed by atoms with van der Waals surface area (Å²) in [5.74, 6) is 0.596. The fourth-order valence-corrected chi connectivity index (χ4v) is 3.41. The van der Waals surface area contributed by atoms with Gasteiger partial charge in [-0.05, 0) is 53.4 Å². The van der Waals surface area contributed by atoms with Crippen molar-refractivity contribution in [1.29, 1.82) is 0 Å². The predicted molar refractivity (Wildman–Crippen MR) is 86.9 cm³/mol. The van der Waals surface area contributed by atoms with Crippen LogP contribution in [-0.4, -0.2) is 59.4 Å². The third-order valence-corrected chi connectivity index (χ3v) is 4.49. The molecule has 2 atom stereocenters. The molecule has 0 aromatic carbocycles. The van der Waals surface area contributed by atoms with E-state index in [0.717, 1.165) is 19.4 Å². The van der Waals surface area contributed by atoms with Crippen LogP contribution in [0.25, 0.3) is 0 Å². The van der Waals surface area contributed by atoms with Gasteiger partial charge in [-0.1, -0.05) is 0 Å². The van der Waals surface area contributed by atoms with Crippen LogP contribution in [0.1, 0.15) is 53.9 Å². The number of carbonyl (C=O) groups excluding carboxylic acids is 2. The van der Waals surface area contributed by atoms with Crippen molar-refractivity contribution in [2.24, 2.45) is 5.92 Å². The number of rotatable bonds is 2. The van der Waals surface area contributed by atoms with E-state index in [0.29, 0.717) is 18.9 Å². The van der Waals surface area contributed by atoms with Gasteiger partial charge in [-0.15, -0.1) is 0 Å². The van der Waals surface area contributed by atoms with Crippen LogP contribution in [-0.2, 0) is 14.3 Å². The molecule has 0 spiro atoms. The second kappa shape index (κ2) is 6.30. The fraction of sp³-hybridized carbons (Fsp3) is 0.882.